The molecule has 4 heteroatoms. The van der Waals surface area contributed by atoms with Gasteiger partial charge in [-0.3, -0.25) is 0 Å². The third-order valence-corrected chi connectivity index (χ3v) is 3.50. The summed E-state index contributed by atoms with van der Waals surface area (Å²) in [6, 6.07) is 0. The molecule has 2 aliphatic rings. The lowest BCUT2D eigenvalue weighted by Gasteiger charge is -2.39. The molecule has 0 amide bonds. The molecule has 4 nitrogen and oxygen atoms in total. The van der Waals surface area contributed by atoms with Crippen molar-refractivity contribution in [2.24, 2.45) is 0 Å². The molecule has 1 N–H and O–H groups in total. The highest BCUT2D eigenvalue weighted by Crippen LogP contribution is 2.37. The minimum atomic E-state index is -0.770. The van der Waals surface area contributed by atoms with E-state index in [0.29, 0.717) is 12.2 Å². The first kappa shape index (κ1) is 14.1. The molecule has 1 saturated carbocycles. The van der Waals surface area contributed by atoms with E-state index in [-0.39, 0.29) is 5.97 Å². The lowest BCUT2D eigenvalue weighted by molar-refractivity contribution is -0.234. The number of ether oxygens (including phenoxy) is 2. The van der Waals surface area contributed by atoms with Gasteiger partial charge in [0, 0.05) is 19.3 Å². The van der Waals surface area contributed by atoms with E-state index in [4.69, 9.17) is 9.47 Å². The van der Waals surface area contributed by atoms with E-state index in [1.807, 2.05) is 13.0 Å². The van der Waals surface area contributed by atoms with Gasteiger partial charge in [0.2, 0.25) is 0 Å². The molecule has 1 aliphatic carbocycles. The Labute approximate surface area is 114 Å². The Bertz CT molecular complexity index is 378. The fourth-order valence-electron chi connectivity index (χ4n) is 2.60. The van der Waals surface area contributed by atoms with Crippen molar-refractivity contribution in [1.82, 2.24) is 0 Å². The van der Waals surface area contributed by atoms with Gasteiger partial charge in [-0.2, -0.15) is 0 Å². The molecule has 1 fully saturated rings. The summed E-state index contributed by atoms with van der Waals surface area (Å²) >= 11 is 0. The molecule has 106 valence electrons. The molecule has 0 aromatic heterocycles. The van der Waals surface area contributed by atoms with Gasteiger partial charge in [-0.25, -0.2) is 4.79 Å². The predicted molar refractivity (Wildman–Crippen MR) is 71.1 cm³/mol. The van der Waals surface area contributed by atoms with Gasteiger partial charge in [0.25, 0.3) is 5.79 Å². The highest BCUT2D eigenvalue weighted by Gasteiger charge is 2.41. The van der Waals surface area contributed by atoms with E-state index in [2.05, 4.69) is 0 Å². The summed E-state index contributed by atoms with van der Waals surface area (Å²) in [7, 11) is 0. The van der Waals surface area contributed by atoms with Gasteiger partial charge in [-0.15, -0.1) is 0 Å². The van der Waals surface area contributed by atoms with Crippen LogP contribution in [0.1, 0.15) is 51.9 Å². The third-order valence-electron chi connectivity index (χ3n) is 3.50. The zero-order chi connectivity index (χ0) is 13.7. The molecule has 0 aromatic rings. The minimum Gasteiger partial charge on any atom is -0.456 e. The summed E-state index contributed by atoms with van der Waals surface area (Å²) < 4.78 is 11.2. The van der Waals surface area contributed by atoms with Crippen LogP contribution in [-0.4, -0.2) is 23.0 Å². The first-order valence-corrected chi connectivity index (χ1v) is 7.11. The molecular formula is C15H22O4. The SMILES string of the molecule is CC/C=C/[C@H](O)CC1=CC(=O)OC2(CCCCC2)O1. The maximum atomic E-state index is 11.7. The van der Waals surface area contributed by atoms with Gasteiger partial charge in [-0.05, 0) is 19.3 Å². The topological polar surface area (TPSA) is 55.8 Å². The first-order valence-electron chi connectivity index (χ1n) is 7.11. The van der Waals surface area contributed by atoms with Gasteiger partial charge in [-0.1, -0.05) is 25.5 Å². The summed E-state index contributed by atoms with van der Waals surface area (Å²) in [5.74, 6) is -0.589. The number of esters is 1. The van der Waals surface area contributed by atoms with Crippen molar-refractivity contribution in [2.45, 2.75) is 63.8 Å². The molecule has 1 aliphatic heterocycles. The Kier molecular flexibility index (Phi) is 4.64. The van der Waals surface area contributed by atoms with Crippen molar-refractivity contribution in [3.8, 4) is 0 Å². The number of hydrogen-bond donors (Lipinski definition) is 1. The highest BCUT2D eigenvalue weighted by molar-refractivity contribution is 5.83. The molecule has 1 atom stereocenters. The lowest BCUT2D eigenvalue weighted by atomic mass is 9.93. The van der Waals surface area contributed by atoms with Crippen LogP contribution in [0.5, 0.6) is 0 Å². The predicted octanol–water partition coefficient (Wildman–Crippen LogP) is 2.82. The number of hydrogen-bond acceptors (Lipinski definition) is 4. The summed E-state index contributed by atoms with van der Waals surface area (Å²) in [5, 5.41) is 9.85. The quantitative estimate of drug-likeness (QED) is 0.628. The molecule has 0 saturated heterocycles. The van der Waals surface area contributed by atoms with E-state index >= 15 is 0 Å². The largest absolute Gasteiger partial charge is 0.456 e. The van der Waals surface area contributed by atoms with Crippen LogP contribution in [0.15, 0.2) is 24.0 Å². The second-order valence-electron chi connectivity index (χ2n) is 5.21. The summed E-state index contributed by atoms with van der Waals surface area (Å²) in [6.45, 7) is 2.01. The van der Waals surface area contributed by atoms with Crippen molar-refractivity contribution >= 4 is 5.97 Å². The number of aliphatic hydroxyl groups is 1. The Balaban J connectivity index is 2.00. The lowest BCUT2D eigenvalue weighted by Crippen LogP contribution is -2.42. The third kappa shape index (κ3) is 3.83. The molecule has 0 radical (unpaired) electrons. The average Bonchev–Trinajstić information content (AvgIpc) is 2.36. The summed E-state index contributed by atoms with van der Waals surface area (Å²) in [5.41, 5.74) is 0. The van der Waals surface area contributed by atoms with Crippen molar-refractivity contribution in [3.05, 3.63) is 24.0 Å². The fourth-order valence-corrected chi connectivity index (χ4v) is 2.60. The number of carbonyl (C=O) groups excluding carboxylic acids is 1. The van der Waals surface area contributed by atoms with Crippen LogP contribution in [0, 0.1) is 0 Å². The van der Waals surface area contributed by atoms with Crippen LogP contribution in [0.4, 0.5) is 0 Å². The van der Waals surface area contributed by atoms with Crippen LogP contribution in [0.2, 0.25) is 0 Å². The zero-order valence-electron chi connectivity index (χ0n) is 11.4. The Morgan fingerprint density at radius 1 is 1.37 bits per heavy atom. The van der Waals surface area contributed by atoms with Gasteiger partial charge < -0.3 is 14.6 Å². The smallest absolute Gasteiger partial charge is 0.337 e. The van der Waals surface area contributed by atoms with Crippen molar-refractivity contribution in [2.75, 3.05) is 0 Å². The van der Waals surface area contributed by atoms with Gasteiger partial charge in [0.1, 0.15) is 5.76 Å². The molecule has 2 rings (SSSR count). The Hall–Kier alpha value is -1.29. The van der Waals surface area contributed by atoms with Gasteiger partial charge in [0.15, 0.2) is 0 Å². The highest BCUT2D eigenvalue weighted by atomic mass is 16.7. The summed E-state index contributed by atoms with van der Waals surface area (Å²) in [6.07, 6.45) is 10.3. The zero-order valence-corrected chi connectivity index (χ0v) is 11.4. The maximum Gasteiger partial charge on any atom is 0.337 e. The molecule has 0 bridgehead atoms. The maximum absolute atomic E-state index is 11.7. The normalized spacial score (nSPS) is 23.9. The summed E-state index contributed by atoms with van der Waals surface area (Å²) in [4.78, 5) is 11.7. The molecule has 0 aromatic carbocycles. The van der Waals surface area contributed by atoms with Crippen molar-refractivity contribution < 1.29 is 19.4 Å². The molecule has 1 spiro atoms. The van der Waals surface area contributed by atoms with Crippen LogP contribution < -0.4 is 0 Å². The van der Waals surface area contributed by atoms with Crippen molar-refractivity contribution in [3.63, 3.8) is 0 Å². The van der Waals surface area contributed by atoms with Crippen molar-refractivity contribution in [1.29, 1.82) is 0 Å². The Morgan fingerprint density at radius 3 is 2.79 bits per heavy atom. The fraction of sp³-hybridized carbons (Fsp3) is 0.667. The van der Waals surface area contributed by atoms with Crippen LogP contribution in [0.3, 0.4) is 0 Å². The minimum absolute atomic E-state index is 0.327. The standard InChI is InChI=1S/C15H22O4/c1-2-3-7-12(16)10-13-11-14(17)19-15(18-13)8-5-4-6-9-15/h3,7,11-12,16H,2,4-6,8-10H2,1H3/b7-3+/t12-/m0/s1. The average molecular weight is 266 g/mol. The molecule has 1 heterocycles. The van der Waals surface area contributed by atoms with Crippen LogP contribution in [-0.2, 0) is 14.3 Å². The van der Waals surface area contributed by atoms with E-state index in [0.717, 1.165) is 38.5 Å². The number of aliphatic hydroxyl groups excluding tert-OH is 1. The van der Waals surface area contributed by atoms with E-state index < -0.39 is 11.9 Å². The van der Waals surface area contributed by atoms with E-state index in [1.54, 1.807) is 6.08 Å². The van der Waals surface area contributed by atoms with E-state index in [9.17, 15) is 9.90 Å². The second-order valence-corrected chi connectivity index (χ2v) is 5.21. The Morgan fingerprint density at radius 2 is 2.11 bits per heavy atom. The molecular weight excluding hydrogens is 244 g/mol. The number of allylic oxidation sites excluding steroid dienone is 1. The number of carbonyl (C=O) groups is 1. The van der Waals surface area contributed by atoms with Crippen LogP contribution in [0.25, 0.3) is 0 Å². The molecule has 19 heavy (non-hydrogen) atoms. The first-order chi connectivity index (χ1) is 9.13. The monoisotopic (exact) mass is 266 g/mol. The van der Waals surface area contributed by atoms with E-state index in [1.165, 1.54) is 6.08 Å². The number of rotatable bonds is 4. The second kappa shape index (κ2) is 6.24. The molecule has 0 unspecified atom stereocenters. The van der Waals surface area contributed by atoms with Crippen LogP contribution >= 0.6 is 0 Å². The van der Waals surface area contributed by atoms with Gasteiger partial charge >= 0.3 is 5.97 Å². The van der Waals surface area contributed by atoms with Gasteiger partial charge in [0.05, 0.1) is 12.2 Å².